The summed E-state index contributed by atoms with van der Waals surface area (Å²) in [5.74, 6) is 0. The Hall–Kier alpha value is -1.06. The summed E-state index contributed by atoms with van der Waals surface area (Å²) >= 11 is 0. The molecule has 100 valence electrons. The van der Waals surface area contributed by atoms with Crippen LogP contribution in [0, 0.1) is 6.92 Å². The fourth-order valence-corrected chi connectivity index (χ4v) is 2.46. The minimum Gasteiger partial charge on any atom is -0.375 e. The molecule has 1 aromatic carbocycles. The standard InChI is InChI=1S/C15H25N3/c1-14-5-3-6-15(13-14)17(2)9-4-10-18-11-7-16-8-12-18/h3,5-6,13,16H,4,7-12H2,1-2H3. The van der Waals surface area contributed by atoms with Crippen molar-refractivity contribution < 1.29 is 0 Å². The Morgan fingerprint density at radius 3 is 2.78 bits per heavy atom. The normalized spacial score (nSPS) is 16.8. The smallest absolute Gasteiger partial charge is 0.0366 e. The summed E-state index contributed by atoms with van der Waals surface area (Å²) in [5.41, 5.74) is 2.66. The van der Waals surface area contributed by atoms with Gasteiger partial charge in [0.15, 0.2) is 0 Å². The molecule has 0 amide bonds. The zero-order chi connectivity index (χ0) is 12.8. The first-order chi connectivity index (χ1) is 8.75. The van der Waals surface area contributed by atoms with Crippen molar-refractivity contribution in [3.05, 3.63) is 29.8 Å². The molecule has 0 bridgehead atoms. The maximum atomic E-state index is 3.39. The van der Waals surface area contributed by atoms with E-state index >= 15 is 0 Å². The van der Waals surface area contributed by atoms with Gasteiger partial charge in [0, 0.05) is 45.5 Å². The van der Waals surface area contributed by atoms with E-state index < -0.39 is 0 Å². The highest BCUT2D eigenvalue weighted by molar-refractivity contribution is 5.47. The molecule has 0 atom stereocenters. The Bertz CT molecular complexity index is 359. The predicted octanol–water partition coefficient (Wildman–Crippen LogP) is 1.73. The second-order valence-electron chi connectivity index (χ2n) is 5.21. The highest BCUT2D eigenvalue weighted by atomic mass is 15.2. The van der Waals surface area contributed by atoms with E-state index in [1.54, 1.807) is 0 Å². The van der Waals surface area contributed by atoms with Crippen LogP contribution < -0.4 is 10.2 Å². The number of hydrogen-bond donors (Lipinski definition) is 1. The first-order valence-corrected chi connectivity index (χ1v) is 6.96. The Morgan fingerprint density at radius 2 is 2.06 bits per heavy atom. The summed E-state index contributed by atoms with van der Waals surface area (Å²) in [4.78, 5) is 4.91. The summed E-state index contributed by atoms with van der Waals surface area (Å²) in [6, 6.07) is 8.73. The van der Waals surface area contributed by atoms with E-state index in [2.05, 4.69) is 53.4 Å². The Morgan fingerprint density at radius 1 is 1.28 bits per heavy atom. The Kier molecular flexibility index (Phi) is 5.02. The van der Waals surface area contributed by atoms with Crippen molar-refractivity contribution in [2.45, 2.75) is 13.3 Å². The molecule has 0 spiro atoms. The van der Waals surface area contributed by atoms with Crippen molar-refractivity contribution in [1.82, 2.24) is 10.2 Å². The third-order valence-corrected chi connectivity index (χ3v) is 3.62. The average Bonchev–Trinajstić information content (AvgIpc) is 2.40. The molecule has 0 aliphatic carbocycles. The third-order valence-electron chi connectivity index (χ3n) is 3.62. The molecule has 0 aromatic heterocycles. The zero-order valence-corrected chi connectivity index (χ0v) is 11.7. The fourth-order valence-electron chi connectivity index (χ4n) is 2.46. The van der Waals surface area contributed by atoms with E-state index in [9.17, 15) is 0 Å². The summed E-state index contributed by atoms with van der Waals surface area (Å²) < 4.78 is 0. The van der Waals surface area contributed by atoms with Crippen LogP contribution in [0.5, 0.6) is 0 Å². The van der Waals surface area contributed by atoms with Gasteiger partial charge in [0.2, 0.25) is 0 Å². The van der Waals surface area contributed by atoms with Crippen LogP contribution >= 0.6 is 0 Å². The molecule has 0 unspecified atom stereocenters. The number of anilines is 1. The molecular weight excluding hydrogens is 222 g/mol. The molecule has 1 aliphatic heterocycles. The molecule has 1 heterocycles. The van der Waals surface area contributed by atoms with Gasteiger partial charge in [-0.2, -0.15) is 0 Å². The van der Waals surface area contributed by atoms with Gasteiger partial charge < -0.3 is 15.1 Å². The second-order valence-corrected chi connectivity index (χ2v) is 5.21. The number of nitrogens with one attached hydrogen (secondary N) is 1. The fraction of sp³-hybridized carbons (Fsp3) is 0.600. The summed E-state index contributed by atoms with van der Waals surface area (Å²) in [7, 11) is 2.19. The minimum absolute atomic E-state index is 1.13. The monoisotopic (exact) mass is 247 g/mol. The van der Waals surface area contributed by atoms with Crippen molar-refractivity contribution in [1.29, 1.82) is 0 Å². The number of hydrogen-bond acceptors (Lipinski definition) is 3. The van der Waals surface area contributed by atoms with Gasteiger partial charge in [-0.05, 0) is 37.6 Å². The van der Waals surface area contributed by atoms with Crippen molar-refractivity contribution in [3.63, 3.8) is 0 Å². The van der Waals surface area contributed by atoms with Crippen LogP contribution in [-0.4, -0.2) is 51.2 Å². The average molecular weight is 247 g/mol. The predicted molar refractivity (Wildman–Crippen MR) is 78.4 cm³/mol. The van der Waals surface area contributed by atoms with Crippen molar-refractivity contribution in [3.8, 4) is 0 Å². The van der Waals surface area contributed by atoms with Crippen molar-refractivity contribution >= 4 is 5.69 Å². The number of nitrogens with zero attached hydrogens (tertiary/aromatic N) is 2. The van der Waals surface area contributed by atoms with Crippen LogP contribution in [0.4, 0.5) is 5.69 Å². The molecule has 1 aliphatic rings. The van der Waals surface area contributed by atoms with Crippen molar-refractivity contribution in [2.75, 3.05) is 51.2 Å². The highest BCUT2D eigenvalue weighted by Crippen LogP contribution is 2.14. The van der Waals surface area contributed by atoms with Crippen LogP contribution in [0.15, 0.2) is 24.3 Å². The molecule has 1 saturated heterocycles. The van der Waals surface area contributed by atoms with Crippen LogP contribution in [0.1, 0.15) is 12.0 Å². The van der Waals surface area contributed by atoms with E-state index in [1.165, 1.54) is 37.3 Å². The van der Waals surface area contributed by atoms with Gasteiger partial charge in [-0.3, -0.25) is 0 Å². The number of aryl methyl sites for hydroxylation is 1. The van der Waals surface area contributed by atoms with E-state index in [4.69, 9.17) is 0 Å². The molecule has 18 heavy (non-hydrogen) atoms. The van der Waals surface area contributed by atoms with Gasteiger partial charge in [0.25, 0.3) is 0 Å². The quantitative estimate of drug-likeness (QED) is 0.855. The number of rotatable bonds is 5. The van der Waals surface area contributed by atoms with E-state index in [0.717, 1.165) is 19.6 Å². The van der Waals surface area contributed by atoms with Gasteiger partial charge in [0.1, 0.15) is 0 Å². The van der Waals surface area contributed by atoms with Gasteiger partial charge in [-0.15, -0.1) is 0 Å². The number of piperazine rings is 1. The third kappa shape index (κ3) is 4.00. The van der Waals surface area contributed by atoms with Crippen LogP contribution in [0.2, 0.25) is 0 Å². The summed E-state index contributed by atoms with van der Waals surface area (Å²) in [6.45, 7) is 9.20. The van der Waals surface area contributed by atoms with Gasteiger partial charge in [-0.25, -0.2) is 0 Å². The molecule has 1 aromatic rings. The van der Waals surface area contributed by atoms with E-state index in [-0.39, 0.29) is 0 Å². The zero-order valence-electron chi connectivity index (χ0n) is 11.7. The summed E-state index contributed by atoms with van der Waals surface area (Å²) in [6.07, 6.45) is 1.24. The molecule has 0 radical (unpaired) electrons. The van der Waals surface area contributed by atoms with Gasteiger partial charge >= 0.3 is 0 Å². The van der Waals surface area contributed by atoms with Crippen LogP contribution in [0.3, 0.4) is 0 Å². The molecule has 3 heteroatoms. The van der Waals surface area contributed by atoms with Crippen LogP contribution in [0.25, 0.3) is 0 Å². The van der Waals surface area contributed by atoms with E-state index in [1.807, 2.05) is 0 Å². The molecule has 1 N–H and O–H groups in total. The first-order valence-electron chi connectivity index (χ1n) is 6.96. The highest BCUT2D eigenvalue weighted by Gasteiger charge is 2.09. The first kappa shape index (κ1) is 13.4. The van der Waals surface area contributed by atoms with Crippen molar-refractivity contribution in [2.24, 2.45) is 0 Å². The summed E-state index contributed by atoms with van der Waals surface area (Å²) in [5, 5.41) is 3.39. The molecule has 3 nitrogen and oxygen atoms in total. The van der Waals surface area contributed by atoms with Crippen LogP contribution in [-0.2, 0) is 0 Å². The topological polar surface area (TPSA) is 18.5 Å². The lowest BCUT2D eigenvalue weighted by atomic mass is 10.2. The maximum absolute atomic E-state index is 3.39. The largest absolute Gasteiger partial charge is 0.375 e. The molecule has 1 fully saturated rings. The lowest BCUT2D eigenvalue weighted by molar-refractivity contribution is 0.239. The lowest BCUT2D eigenvalue weighted by Gasteiger charge is -2.28. The van der Waals surface area contributed by atoms with Gasteiger partial charge in [0.05, 0.1) is 0 Å². The lowest BCUT2D eigenvalue weighted by Crippen LogP contribution is -2.44. The SMILES string of the molecule is Cc1cccc(N(C)CCCN2CCNCC2)c1. The number of benzene rings is 1. The van der Waals surface area contributed by atoms with E-state index in [0.29, 0.717) is 0 Å². The molecule has 2 rings (SSSR count). The van der Waals surface area contributed by atoms with Gasteiger partial charge in [-0.1, -0.05) is 12.1 Å². The minimum atomic E-state index is 1.13. The molecule has 0 saturated carbocycles. The second kappa shape index (κ2) is 6.76. The maximum Gasteiger partial charge on any atom is 0.0366 e. The Balaban J connectivity index is 1.72. The Labute approximate surface area is 111 Å². The molecular formula is C15H25N3.